The smallest absolute Gasteiger partial charge is 0.245 e. The standard InChI is InChI=1S/C11H22N2O2/c1-9(2)13-5-4-10(7-13)6-12-11(14)8-15-3/h9-10H,4-8H2,1-3H3,(H,12,14). The van der Waals surface area contributed by atoms with Crippen LogP contribution in [0.5, 0.6) is 0 Å². The molecule has 0 aromatic carbocycles. The van der Waals surface area contributed by atoms with Gasteiger partial charge < -0.3 is 15.0 Å². The molecule has 0 spiro atoms. The van der Waals surface area contributed by atoms with Crippen LogP contribution in [0.25, 0.3) is 0 Å². The van der Waals surface area contributed by atoms with Gasteiger partial charge in [-0.25, -0.2) is 0 Å². The van der Waals surface area contributed by atoms with Gasteiger partial charge in [-0.2, -0.15) is 0 Å². The molecular formula is C11H22N2O2. The Balaban J connectivity index is 2.16. The summed E-state index contributed by atoms with van der Waals surface area (Å²) in [6, 6.07) is 0.615. The van der Waals surface area contributed by atoms with Crippen molar-refractivity contribution in [2.45, 2.75) is 26.3 Å². The lowest BCUT2D eigenvalue weighted by molar-refractivity contribution is -0.124. The Morgan fingerprint density at radius 2 is 2.33 bits per heavy atom. The summed E-state index contributed by atoms with van der Waals surface area (Å²) in [5.74, 6) is 0.591. The van der Waals surface area contributed by atoms with E-state index in [1.54, 1.807) is 0 Å². The Hall–Kier alpha value is -0.610. The van der Waals surface area contributed by atoms with Gasteiger partial charge in [0.05, 0.1) is 0 Å². The maximum absolute atomic E-state index is 11.2. The van der Waals surface area contributed by atoms with Gasteiger partial charge in [-0.3, -0.25) is 4.79 Å². The molecule has 0 radical (unpaired) electrons. The van der Waals surface area contributed by atoms with Crippen LogP contribution in [-0.2, 0) is 9.53 Å². The second-order valence-corrected chi connectivity index (χ2v) is 4.48. The molecule has 4 heteroatoms. The molecule has 0 aromatic heterocycles. The summed E-state index contributed by atoms with van der Waals surface area (Å²) in [5, 5.41) is 2.89. The van der Waals surface area contributed by atoms with E-state index in [0.717, 1.165) is 19.6 Å². The van der Waals surface area contributed by atoms with E-state index in [4.69, 9.17) is 4.74 Å². The van der Waals surface area contributed by atoms with Gasteiger partial charge in [0.2, 0.25) is 5.91 Å². The number of amides is 1. The predicted molar refractivity (Wildman–Crippen MR) is 59.7 cm³/mol. The molecule has 88 valence electrons. The molecule has 1 saturated heterocycles. The molecular weight excluding hydrogens is 192 g/mol. The van der Waals surface area contributed by atoms with E-state index in [9.17, 15) is 4.79 Å². The maximum atomic E-state index is 11.2. The predicted octanol–water partition coefficient (Wildman–Crippen LogP) is 0.479. The van der Waals surface area contributed by atoms with E-state index in [0.29, 0.717) is 12.0 Å². The number of ether oxygens (including phenoxy) is 1. The minimum atomic E-state index is -0.0134. The molecule has 1 unspecified atom stereocenters. The Labute approximate surface area is 92.0 Å². The van der Waals surface area contributed by atoms with Crippen LogP contribution in [0, 0.1) is 5.92 Å². The zero-order valence-electron chi connectivity index (χ0n) is 9.95. The van der Waals surface area contributed by atoms with Crippen molar-refractivity contribution in [1.29, 1.82) is 0 Å². The third kappa shape index (κ3) is 4.18. The Kier molecular flexibility index (Phi) is 5.05. The molecule has 1 amide bonds. The van der Waals surface area contributed by atoms with E-state index in [2.05, 4.69) is 24.1 Å². The normalized spacial score (nSPS) is 22.3. The van der Waals surface area contributed by atoms with Crippen LogP contribution in [0.2, 0.25) is 0 Å². The molecule has 1 heterocycles. The van der Waals surface area contributed by atoms with Crippen LogP contribution in [-0.4, -0.2) is 50.2 Å². The number of rotatable bonds is 5. The lowest BCUT2D eigenvalue weighted by atomic mass is 10.1. The third-order valence-corrected chi connectivity index (χ3v) is 2.91. The number of carbonyl (C=O) groups excluding carboxylic acids is 1. The minimum Gasteiger partial charge on any atom is -0.375 e. The number of nitrogens with zero attached hydrogens (tertiary/aromatic N) is 1. The number of nitrogens with one attached hydrogen (secondary N) is 1. The molecule has 1 rings (SSSR count). The van der Waals surface area contributed by atoms with Crippen LogP contribution in [0.3, 0.4) is 0 Å². The summed E-state index contributed by atoms with van der Waals surface area (Å²) >= 11 is 0. The van der Waals surface area contributed by atoms with Gasteiger partial charge >= 0.3 is 0 Å². The summed E-state index contributed by atoms with van der Waals surface area (Å²) in [6.07, 6.45) is 1.19. The van der Waals surface area contributed by atoms with Crippen LogP contribution < -0.4 is 5.32 Å². The Morgan fingerprint density at radius 1 is 1.60 bits per heavy atom. The summed E-state index contributed by atoms with van der Waals surface area (Å²) in [7, 11) is 1.54. The summed E-state index contributed by atoms with van der Waals surface area (Å²) in [6.45, 7) is 7.64. The number of likely N-dealkylation sites (tertiary alicyclic amines) is 1. The molecule has 0 bridgehead atoms. The zero-order valence-corrected chi connectivity index (χ0v) is 9.95. The number of hydrogen-bond donors (Lipinski definition) is 1. The average Bonchev–Trinajstić information content (AvgIpc) is 2.63. The number of hydrogen-bond acceptors (Lipinski definition) is 3. The van der Waals surface area contributed by atoms with Gasteiger partial charge in [-0.1, -0.05) is 0 Å². The summed E-state index contributed by atoms with van der Waals surface area (Å²) < 4.78 is 4.76. The molecule has 1 fully saturated rings. The highest BCUT2D eigenvalue weighted by atomic mass is 16.5. The first-order valence-corrected chi connectivity index (χ1v) is 5.63. The molecule has 1 aliphatic heterocycles. The molecule has 0 aliphatic carbocycles. The van der Waals surface area contributed by atoms with Crippen molar-refractivity contribution < 1.29 is 9.53 Å². The van der Waals surface area contributed by atoms with Gasteiger partial charge in [-0.05, 0) is 32.7 Å². The van der Waals surface area contributed by atoms with E-state index in [1.165, 1.54) is 13.5 Å². The van der Waals surface area contributed by atoms with Crippen molar-refractivity contribution in [3.05, 3.63) is 0 Å². The molecule has 1 aliphatic rings. The first kappa shape index (κ1) is 12.5. The van der Waals surface area contributed by atoms with Crippen molar-refractivity contribution in [2.24, 2.45) is 5.92 Å². The Bertz CT molecular complexity index is 207. The monoisotopic (exact) mass is 214 g/mol. The van der Waals surface area contributed by atoms with Crippen LogP contribution in [0.1, 0.15) is 20.3 Å². The fraction of sp³-hybridized carbons (Fsp3) is 0.909. The van der Waals surface area contributed by atoms with Crippen molar-refractivity contribution in [1.82, 2.24) is 10.2 Å². The fourth-order valence-corrected chi connectivity index (χ4v) is 1.94. The summed E-state index contributed by atoms with van der Waals surface area (Å²) in [5.41, 5.74) is 0. The van der Waals surface area contributed by atoms with Crippen molar-refractivity contribution in [2.75, 3.05) is 33.4 Å². The van der Waals surface area contributed by atoms with Crippen LogP contribution in [0.15, 0.2) is 0 Å². The number of methoxy groups -OCH3 is 1. The van der Waals surface area contributed by atoms with Gasteiger partial charge in [0, 0.05) is 26.2 Å². The molecule has 0 aromatic rings. The van der Waals surface area contributed by atoms with Crippen molar-refractivity contribution >= 4 is 5.91 Å². The van der Waals surface area contributed by atoms with Crippen LogP contribution >= 0.6 is 0 Å². The Morgan fingerprint density at radius 3 is 2.87 bits per heavy atom. The maximum Gasteiger partial charge on any atom is 0.245 e. The van der Waals surface area contributed by atoms with E-state index >= 15 is 0 Å². The highest BCUT2D eigenvalue weighted by Gasteiger charge is 2.24. The van der Waals surface area contributed by atoms with Gasteiger partial charge in [-0.15, -0.1) is 0 Å². The van der Waals surface area contributed by atoms with E-state index in [1.807, 2.05) is 0 Å². The first-order chi connectivity index (χ1) is 7.13. The molecule has 1 atom stereocenters. The lowest BCUT2D eigenvalue weighted by Crippen LogP contribution is -2.34. The molecule has 1 N–H and O–H groups in total. The van der Waals surface area contributed by atoms with Crippen molar-refractivity contribution in [3.8, 4) is 0 Å². The first-order valence-electron chi connectivity index (χ1n) is 5.63. The highest BCUT2D eigenvalue weighted by Crippen LogP contribution is 2.17. The molecule has 4 nitrogen and oxygen atoms in total. The topological polar surface area (TPSA) is 41.6 Å². The fourth-order valence-electron chi connectivity index (χ4n) is 1.94. The van der Waals surface area contributed by atoms with Crippen molar-refractivity contribution in [3.63, 3.8) is 0 Å². The van der Waals surface area contributed by atoms with Gasteiger partial charge in [0.1, 0.15) is 6.61 Å². The minimum absolute atomic E-state index is 0.0134. The zero-order chi connectivity index (χ0) is 11.3. The van der Waals surface area contributed by atoms with E-state index in [-0.39, 0.29) is 12.5 Å². The SMILES string of the molecule is COCC(=O)NCC1CCN(C(C)C)C1. The average molecular weight is 214 g/mol. The number of carbonyl (C=O) groups is 1. The van der Waals surface area contributed by atoms with E-state index < -0.39 is 0 Å². The second kappa shape index (κ2) is 6.08. The van der Waals surface area contributed by atoms with Gasteiger partial charge in [0.25, 0.3) is 0 Å². The molecule has 0 saturated carbocycles. The summed E-state index contributed by atoms with van der Waals surface area (Å²) in [4.78, 5) is 13.6. The largest absolute Gasteiger partial charge is 0.375 e. The second-order valence-electron chi connectivity index (χ2n) is 4.48. The highest BCUT2D eigenvalue weighted by molar-refractivity contribution is 5.77. The lowest BCUT2D eigenvalue weighted by Gasteiger charge is -2.20. The van der Waals surface area contributed by atoms with Crippen LogP contribution in [0.4, 0.5) is 0 Å². The molecule has 15 heavy (non-hydrogen) atoms. The quantitative estimate of drug-likeness (QED) is 0.724. The van der Waals surface area contributed by atoms with Gasteiger partial charge in [0.15, 0.2) is 0 Å². The third-order valence-electron chi connectivity index (χ3n) is 2.91.